The number of hydrogen-bond acceptors (Lipinski definition) is 4. The van der Waals surface area contributed by atoms with Gasteiger partial charge in [0.15, 0.2) is 0 Å². The van der Waals surface area contributed by atoms with Crippen LogP contribution in [0, 0.1) is 0 Å². The van der Waals surface area contributed by atoms with Crippen LogP contribution in [0.4, 0.5) is 5.69 Å². The first-order valence-corrected chi connectivity index (χ1v) is 9.78. The highest BCUT2D eigenvalue weighted by molar-refractivity contribution is 7.09. The van der Waals surface area contributed by atoms with Gasteiger partial charge in [-0.2, -0.15) is 0 Å². The lowest BCUT2D eigenvalue weighted by atomic mass is 9.93. The standard InChI is InChI=1S/C22H22N2O3S/c1-23-21(25)18-7-3-4-8-20(18)24-22(26)19(14-17-6-5-13-28-17)15-9-11-16(27-2)12-10-15/h3-13,19H,14H2,1-2H3,(H,23,25)(H,24,26). The largest absolute Gasteiger partial charge is 0.497 e. The van der Waals surface area contributed by atoms with Crippen molar-refractivity contribution in [3.05, 3.63) is 82.0 Å². The fourth-order valence-electron chi connectivity index (χ4n) is 2.97. The Morgan fingerprint density at radius 3 is 2.43 bits per heavy atom. The summed E-state index contributed by atoms with van der Waals surface area (Å²) in [5, 5.41) is 7.54. The summed E-state index contributed by atoms with van der Waals surface area (Å²) in [5.74, 6) is -0.0450. The molecule has 5 nitrogen and oxygen atoms in total. The summed E-state index contributed by atoms with van der Waals surface area (Å²) < 4.78 is 5.22. The molecule has 0 spiro atoms. The van der Waals surface area contributed by atoms with Gasteiger partial charge in [-0.25, -0.2) is 0 Å². The van der Waals surface area contributed by atoms with Crippen LogP contribution in [0.1, 0.15) is 26.7 Å². The number of hydrogen-bond donors (Lipinski definition) is 2. The predicted octanol–water partition coefficient (Wildman–Crippen LogP) is 4.08. The third kappa shape index (κ3) is 4.58. The Morgan fingerprint density at radius 1 is 1.04 bits per heavy atom. The van der Waals surface area contributed by atoms with Gasteiger partial charge in [0.25, 0.3) is 5.91 Å². The molecule has 0 saturated carbocycles. The van der Waals surface area contributed by atoms with E-state index in [4.69, 9.17) is 4.74 Å². The van der Waals surface area contributed by atoms with E-state index < -0.39 is 0 Å². The molecule has 0 radical (unpaired) electrons. The van der Waals surface area contributed by atoms with E-state index in [1.807, 2.05) is 41.8 Å². The minimum absolute atomic E-state index is 0.157. The van der Waals surface area contributed by atoms with Crippen molar-refractivity contribution in [1.29, 1.82) is 0 Å². The van der Waals surface area contributed by atoms with E-state index in [1.54, 1.807) is 49.8 Å². The molecule has 144 valence electrons. The van der Waals surface area contributed by atoms with Crippen LogP contribution < -0.4 is 15.4 Å². The minimum Gasteiger partial charge on any atom is -0.497 e. The van der Waals surface area contributed by atoms with Crippen LogP contribution in [0.3, 0.4) is 0 Å². The molecule has 1 aromatic heterocycles. The van der Waals surface area contributed by atoms with Crippen LogP contribution in [-0.4, -0.2) is 26.0 Å². The average molecular weight is 394 g/mol. The van der Waals surface area contributed by atoms with Crippen molar-refractivity contribution in [2.45, 2.75) is 12.3 Å². The van der Waals surface area contributed by atoms with Gasteiger partial charge in [0.2, 0.25) is 5.91 Å². The second-order valence-corrected chi connectivity index (χ2v) is 7.26. The van der Waals surface area contributed by atoms with E-state index in [-0.39, 0.29) is 17.7 Å². The summed E-state index contributed by atoms with van der Waals surface area (Å²) in [4.78, 5) is 26.4. The molecule has 28 heavy (non-hydrogen) atoms. The van der Waals surface area contributed by atoms with Crippen LogP contribution in [0.25, 0.3) is 0 Å². The summed E-state index contributed by atoms with van der Waals surface area (Å²) in [6, 6.07) is 18.5. The van der Waals surface area contributed by atoms with Gasteiger partial charge in [-0.1, -0.05) is 30.3 Å². The topological polar surface area (TPSA) is 67.4 Å². The molecule has 0 aliphatic heterocycles. The summed E-state index contributed by atoms with van der Waals surface area (Å²) >= 11 is 1.62. The zero-order valence-electron chi connectivity index (χ0n) is 15.8. The van der Waals surface area contributed by atoms with Crippen molar-refractivity contribution in [2.75, 3.05) is 19.5 Å². The van der Waals surface area contributed by atoms with Crippen molar-refractivity contribution in [2.24, 2.45) is 0 Å². The fraction of sp³-hybridized carbons (Fsp3) is 0.182. The first-order valence-electron chi connectivity index (χ1n) is 8.90. The summed E-state index contributed by atoms with van der Waals surface area (Å²) in [5.41, 5.74) is 1.82. The van der Waals surface area contributed by atoms with E-state index in [0.29, 0.717) is 17.7 Å². The molecule has 0 bridgehead atoms. The van der Waals surface area contributed by atoms with Gasteiger partial charge >= 0.3 is 0 Å². The number of para-hydroxylation sites is 1. The lowest BCUT2D eigenvalue weighted by Gasteiger charge is -2.18. The Bertz CT molecular complexity index is 937. The van der Waals surface area contributed by atoms with E-state index in [9.17, 15) is 9.59 Å². The second kappa shape index (κ2) is 9.19. The van der Waals surface area contributed by atoms with Gasteiger partial charge in [-0.3, -0.25) is 9.59 Å². The Balaban J connectivity index is 1.89. The number of anilines is 1. The van der Waals surface area contributed by atoms with Crippen molar-refractivity contribution in [3.8, 4) is 5.75 Å². The highest BCUT2D eigenvalue weighted by Gasteiger charge is 2.23. The van der Waals surface area contributed by atoms with Crippen molar-refractivity contribution in [1.82, 2.24) is 5.32 Å². The highest BCUT2D eigenvalue weighted by atomic mass is 32.1. The number of thiophene rings is 1. The van der Waals surface area contributed by atoms with Crippen LogP contribution in [0.15, 0.2) is 66.0 Å². The molecule has 1 heterocycles. The SMILES string of the molecule is CNC(=O)c1ccccc1NC(=O)C(Cc1cccs1)c1ccc(OC)cc1. The maximum atomic E-state index is 13.2. The van der Waals surface area contributed by atoms with Crippen molar-refractivity contribution in [3.63, 3.8) is 0 Å². The molecular weight excluding hydrogens is 372 g/mol. The molecule has 3 rings (SSSR count). The number of amides is 2. The Kier molecular flexibility index (Phi) is 6.45. The molecule has 0 aliphatic rings. The fourth-order valence-corrected chi connectivity index (χ4v) is 3.72. The van der Waals surface area contributed by atoms with Gasteiger partial charge in [0.05, 0.1) is 24.3 Å². The number of rotatable bonds is 7. The van der Waals surface area contributed by atoms with Gasteiger partial charge in [-0.05, 0) is 47.7 Å². The number of carbonyl (C=O) groups is 2. The first-order chi connectivity index (χ1) is 13.6. The summed E-state index contributed by atoms with van der Waals surface area (Å²) in [6.07, 6.45) is 0.581. The van der Waals surface area contributed by atoms with E-state index in [2.05, 4.69) is 10.6 Å². The molecule has 3 aromatic rings. The number of methoxy groups -OCH3 is 1. The quantitative estimate of drug-likeness (QED) is 0.634. The van der Waals surface area contributed by atoms with Crippen LogP contribution >= 0.6 is 11.3 Å². The highest BCUT2D eigenvalue weighted by Crippen LogP contribution is 2.27. The van der Waals surface area contributed by atoms with Gasteiger partial charge < -0.3 is 15.4 Å². The third-order valence-electron chi connectivity index (χ3n) is 4.48. The van der Waals surface area contributed by atoms with E-state index in [0.717, 1.165) is 16.2 Å². The molecule has 0 saturated heterocycles. The lowest BCUT2D eigenvalue weighted by molar-refractivity contribution is -0.117. The summed E-state index contributed by atoms with van der Waals surface area (Å²) in [7, 11) is 3.18. The van der Waals surface area contributed by atoms with E-state index >= 15 is 0 Å². The molecule has 0 fully saturated rings. The molecule has 0 aliphatic carbocycles. The van der Waals surface area contributed by atoms with E-state index in [1.165, 1.54) is 0 Å². The second-order valence-electron chi connectivity index (χ2n) is 6.22. The number of carbonyl (C=O) groups excluding carboxylic acids is 2. The third-order valence-corrected chi connectivity index (χ3v) is 5.38. The zero-order valence-corrected chi connectivity index (χ0v) is 16.6. The normalized spacial score (nSPS) is 11.5. The van der Waals surface area contributed by atoms with Crippen LogP contribution in [0.2, 0.25) is 0 Å². The van der Waals surface area contributed by atoms with Crippen LogP contribution in [0.5, 0.6) is 5.75 Å². The molecule has 6 heteroatoms. The maximum Gasteiger partial charge on any atom is 0.253 e. The molecule has 2 aromatic carbocycles. The number of benzene rings is 2. The summed E-state index contributed by atoms with van der Waals surface area (Å²) in [6.45, 7) is 0. The molecule has 2 N–H and O–H groups in total. The zero-order chi connectivity index (χ0) is 19.9. The van der Waals surface area contributed by atoms with Crippen molar-refractivity contribution < 1.29 is 14.3 Å². The smallest absolute Gasteiger partial charge is 0.253 e. The number of ether oxygens (including phenoxy) is 1. The minimum atomic E-state index is -0.387. The molecule has 1 atom stereocenters. The van der Waals surface area contributed by atoms with Crippen molar-refractivity contribution >= 4 is 28.8 Å². The Labute approximate surface area is 168 Å². The monoisotopic (exact) mass is 394 g/mol. The lowest BCUT2D eigenvalue weighted by Crippen LogP contribution is -2.25. The molecule has 1 unspecified atom stereocenters. The first kappa shape index (κ1) is 19.6. The van der Waals surface area contributed by atoms with Gasteiger partial charge in [0.1, 0.15) is 5.75 Å². The van der Waals surface area contributed by atoms with Gasteiger partial charge in [-0.15, -0.1) is 11.3 Å². The maximum absolute atomic E-state index is 13.2. The Morgan fingerprint density at radius 2 is 1.79 bits per heavy atom. The Hall–Kier alpha value is -3.12. The average Bonchev–Trinajstić information content (AvgIpc) is 3.25. The van der Waals surface area contributed by atoms with Gasteiger partial charge in [0, 0.05) is 11.9 Å². The molecular formula is C22H22N2O3S. The predicted molar refractivity (Wildman–Crippen MR) is 112 cm³/mol. The number of nitrogens with one attached hydrogen (secondary N) is 2. The van der Waals surface area contributed by atoms with Crippen LogP contribution in [-0.2, 0) is 11.2 Å². The molecule has 2 amide bonds.